The number of aliphatic hydroxyl groups excluding tert-OH is 1. The van der Waals surface area contributed by atoms with Gasteiger partial charge in [0.25, 0.3) is 5.69 Å². The smallest absolute Gasteiger partial charge is 0.269 e. The maximum absolute atomic E-state index is 10.5. The highest BCUT2D eigenvalue weighted by molar-refractivity contribution is 5.40. The largest absolute Gasteiger partial charge is 0.457 e. The lowest BCUT2D eigenvalue weighted by Gasteiger charge is -2.08. The topological polar surface area (TPSA) is 96.4 Å². The number of aliphatic hydroxyl groups is 1. The number of nitro groups is 1. The maximum Gasteiger partial charge on any atom is 0.269 e. The Kier molecular flexibility index (Phi) is 3.93. The van der Waals surface area contributed by atoms with E-state index >= 15 is 0 Å². The number of benzene rings is 2. The van der Waals surface area contributed by atoms with Gasteiger partial charge in [-0.1, -0.05) is 12.1 Å². The van der Waals surface area contributed by atoms with Gasteiger partial charge in [-0.25, -0.2) is 0 Å². The molecule has 0 aliphatic rings. The molecule has 20 heavy (non-hydrogen) atoms. The van der Waals surface area contributed by atoms with Gasteiger partial charge in [0.1, 0.15) is 11.5 Å². The molecule has 1 atom stereocenters. The van der Waals surface area contributed by atoms with E-state index in [0.717, 1.165) is 0 Å². The second-order valence-corrected chi connectivity index (χ2v) is 3.96. The van der Waals surface area contributed by atoms with Crippen LogP contribution in [0.1, 0.15) is 11.7 Å². The van der Waals surface area contributed by atoms with Crippen LogP contribution in [-0.4, -0.2) is 10.0 Å². The molecule has 0 fully saturated rings. The molecule has 100 valence electrons. The number of hydrogen-bond acceptors (Lipinski definition) is 5. The van der Waals surface area contributed by atoms with E-state index in [4.69, 9.17) is 10.00 Å². The molecule has 0 aromatic heterocycles. The average molecular weight is 270 g/mol. The quantitative estimate of drug-likeness (QED) is 0.523. The number of nitriles is 1. The number of rotatable bonds is 4. The van der Waals surface area contributed by atoms with Crippen LogP contribution in [0.4, 0.5) is 5.69 Å². The molecule has 6 heteroatoms. The first-order valence-electron chi connectivity index (χ1n) is 5.70. The van der Waals surface area contributed by atoms with Gasteiger partial charge in [-0.2, -0.15) is 5.26 Å². The van der Waals surface area contributed by atoms with Crippen LogP contribution in [0.25, 0.3) is 0 Å². The molecule has 0 spiro atoms. The van der Waals surface area contributed by atoms with Crippen molar-refractivity contribution >= 4 is 5.69 Å². The molecule has 0 aliphatic carbocycles. The van der Waals surface area contributed by atoms with E-state index in [9.17, 15) is 15.2 Å². The summed E-state index contributed by atoms with van der Waals surface area (Å²) in [5, 5.41) is 28.6. The van der Waals surface area contributed by atoms with Crippen LogP contribution >= 0.6 is 0 Å². The van der Waals surface area contributed by atoms with Crippen molar-refractivity contribution in [2.45, 2.75) is 6.10 Å². The van der Waals surface area contributed by atoms with Crippen molar-refractivity contribution in [3.63, 3.8) is 0 Å². The van der Waals surface area contributed by atoms with Crippen LogP contribution in [0, 0.1) is 21.4 Å². The third-order valence-electron chi connectivity index (χ3n) is 2.58. The van der Waals surface area contributed by atoms with Gasteiger partial charge in [0, 0.05) is 12.1 Å². The first kappa shape index (κ1) is 13.5. The fourth-order valence-corrected chi connectivity index (χ4v) is 1.59. The minimum Gasteiger partial charge on any atom is -0.457 e. The Morgan fingerprint density at radius 3 is 2.50 bits per heavy atom. The standard InChI is InChI=1S/C14H10N2O4/c15-9-14(17)10-2-1-3-13(8-10)20-12-6-4-11(5-7-12)16(18)19/h1-8,14,17H. The second-order valence-electron chi connectivity index (χ2n) is 3.96. The fraction of sp³-hybridized carbons (Fsp3) is 0.0714. The molecule has 0 heterocycles. The molecule has 1 unspecified atom stereocenters. The van der Waals surface area contributed by atoms with E-state index in [0.29, 0.717) is 17.1 Å². The van der Waals surface area contributed by atoms with E-state index in [2.05, 4.69) is 0 Å². The Morgan fingerprint density at radius 2 is 1.90 bits per heavy atom. The summed E-state index contributed by atoms with van der Waals surface area (Å²) in [5.74, 6) is 0.866. The Hall–Kier alpha value is -2.91. The van der Waals surface area contributed by atoms with Gasteiger partial charge in [-0.05, 0) is 29.8 Å². The zero-order valence-corrected chi connectivity index (χ0v) is 10.3. The summed E-state index contributed by atoms with van der Waals surface area (Å²) >= 11 is 0. The van der Waals surface area contributed by atoms with E-state index in [1.54, 1.807) is 24.3 Å². The van der Waals surface area contributed by atoms with Gasteiger partial charge in [-0.3, -0.25) is 10.1 Å². The fourth-order valence-electron chi connectivity index (χ4n) is 1.59. The van der Waals surface area contributed by atoms with Crippen molar-refractivity contribution in [1.29, 1.82) is 5.26 Å². The minimum atomic E-state index is -1.21. The van der Waals surface area contributed by atoms with Gasteiger partial charge in [-0.15, -0.1) is 0 Å². The van der Waals surface area contributed by atoms with Gasteiger partial charge in [0.15, 0.2) is 6.10 Å². The molecule has 1 N–H and O–H groups in total. The van der Waals surface area contributed by atoms with Gasteiger partial charge in [0.2, 0.25) is 0 Å². The Morgan fingerprint density at radius 1 is 1.20 bits per heavy atom. The highest BCUT2D eigenvalue weighted by atomic mass is 16.6. The van der Waals surface area contributed by atoms with Crippen LogP contribution in [0.5, 0.6) is 11.5 Å². The van der Waals surface area contributed by atoms with Crippen molar-refractivity contribution < 1.29 is 14.8 Å². The van der Waals surface area contributed by atoms with E-state index in [-0.39, 0.29) is 5.69 Å². The molecule has 0 radical (unpaired) electrons. The Labute approximate surface area is 114 Å². The minimum absolute atomic E-state index is 0.0222. The Balaban J connectivity index is 2.18. The molecule has 0 saturated carbocycles. The zero-order valence-electron chi connectivity index (χ0n) is 10.3. The SMILES string of the molecule is N#CC(O)c1cccc(Oc2ccc([N+](=O)[O-])cc2)c1. The van der Waals surface area contributed by atoms with Crippen molar-refractivity contribution in [3.05, 3.63) is 64.2 Å². The third kappa shape index (κ3) is 3.10. The maximum atomic E-state index is 10.5. The predicted molar refractivity (Wildman–Crippen MR) is 70.2 cm³/mol. The van der Waals surface area contributed by atoms with Gasteiger partial charge in [0.05, 0.1) is 11.0 Å². The number of hydrogen-bond donors (Lipinski definition) is 1. The molecule has 0 amide bonds. The van der Waals surface area contributed by atoms with Crippen LogP contribution in [-0.2, 0) is 0 Å². The van der Waals surface area contributed by atoms with E-state index in [1.165, 1.54) is 30.3 Å². The number of non-ortho nitro benzene ring substituents is 1. The monoisotopic (exact) mass is 270 g/mol. The molecule has 6 nitrogen and oxygen atoms in total. The average Bonchev–Trinajstić information content (AvgIpc) is 2.47. The first-order valence-corrected chi connectivity index (χ1v) is 5.70. The van der Waals surface area contributed by atoms with Crippen molar-refractivity contribution in [2.24, 2.45) is 0 Å². The molecule has 0 bridgehead atoms. The summed E-state index contributed by atoms with van der Waals surface area (Å²) in [6.45, 7) is 0. The summed E-state index contributed by atoms with van der Waals surface area (Å²) in [6, 6.07) is 13.8. The van der Waals surface area contributed by atoms with Crippen molar-refractivity contribution in [2.75, 3.05) is 0 Å². The van der Waals surface area contributed by atoms with Gasteiger partial charge >= 0.3 is 0 Å². The summed E-state index contributed by atoms with van der Waals surface area (Å²) < 4.78 is 5.51. The van der Waals surface area contributed by atoms with E-state index in [1.807, 2.05) is 0 Å². The molecule has 0 saturated heterocycles. The van der Waals surface area contributed by atoms with Crippen LogP contribution in [0.15, 0.2) is 48.5 Å². The van der Waals surface area contributed by atoms with Crippen molar-refractivity contribution in [3.8, 4) is 17.6 Å². The van der Waals surface area contributed by atoms with Crippen molar-refractivity contribution in [1.82, 2.24) is 0 Å². The predicted octanol–water partition coefficient (Wildman–Crippen LogP) is 2.94. The summed E-state index contributed by atoms with van der Waals surface area (Å²) in [4.78, 5) is 10.0. The molecule has 0 aliphatic heterocycles. The summed E-state index contributed by atoms with van der Waals surface area (Å²) in [5.41, 5.74) is 0.401. The lowest BCUT2D eigenvalue weighted by Crippen LogP contribution is -1.94. The third-order valence-corrected chi connectivity index (χ3v) is 2.58. The second kappa shape index (κ2) is 5.82. The number of ether oxygens (including phenoxy) is 1. The first-order chi connectivity index (χ1) is 9.60. The molecule has 2 aromatic rings. The molecule has 2 aromatic carbocycles. The number of nitrogens with zero attached hydrogens (tertiary/aromatic N) is 2. The van der Waals surface area contributed by atoms with Crippen LogP contribution in [0.3, 0.4) is 0 Å². The lowest BCUT2D eigenvalue weighted by molar-refractivity contribution is -0.384. The highest BCUT2D eigenvalue weighted by Crippen LogP contribution is 2.26. The lowest BCUT2D eigenvalue weighted by atomic mass is 10.1. The summed E-state index contributed by atoms with van der Waals surface area (Å²) in [7, 11) is 0. The molecule has 2 rings (SSSR count). The normalized spacial score (nSPS) is 11.4. The Bertz CT molecular complexity index is 662. The molecular formula is C14H10N2O4. The highest BCUT2D eigenvalue weighted by Gasteiger charge is 2.08. The number of nitro benzene ring substituents is 1. The molecular weight excluding hydrogens is 260 g/mol. The van der Waals surface area contributed by atoms with Gasteiger partial charge < -0.3 is 9.84 Å². The van der Waals surface area contributed by atoms with E-state index < -0.39 is 11.0 Å². The van der Waals surface area contributed by atoms with Crippen LogP contribution in [0.2, 0.25) is 0 Å². The zero-order chi connectivity index (χ0) is 14.5. The van der Waals surface area contributed by atoms with Crippen LogP contribution < -0.4 is 4.74 Å². The summed E-state index contributed by atoms with van der Waals surface area (Å²) in [6.07, 6.45) is -1.21.